The Bertz CT molecular complexity index is 487. The molecule has 0 aliphatic carbocycles. The summed E-state index contributed by atoms with van der Waals surface area (Å²) in [6.45, 7) is 1.93. The van der Waals surface area contributed by atoms with Crippen LogP contribution >= 0.6 is 0 Å². The highest BCUT2D eigenvalue weighted by Gasteiger charge is 2.16. The molecule has 6 heteroatoms. The first-order valence-corrected chi connectivity index (χ1v) is 5.09. The second-order valence-corrected chi connectivity index (χ2v) is 3.83. The van der Waals surface area contributed by atoms with Crippen molar-refractivity contribution in [1.82, 2.24) is 24.5 Å². The van der Waals surface area contributed by atoms with Crippen molar-refractivity contribution < 1.29 is 5.11 Å². The van der Waals surface area contributed by atoms with E-state index in [-0.39, 0.29) is 0 Å². The van der Waals surface area contributed by atoms with Crippen LogP contribution in [-0.4, -0.2) is 29.7 Å². The number of aryl methyl sites for hydroxylation is 2. The molecule has 0 aromatic carbocycles. The predicted octanol–water partition coefficient (Wildman–Crippen LogP) is 0.133. The van der Waals surface area contributed by atoms with Crippen LogP contribution in [0, 0.1) is 6.92 Å². The number of rotatable bonds is 3. The van der Waals surface area contributed by atoms with Crippen molar-refractivity contribution in [3.05, 3.63) is 29.6 Å². The Labute approximate surface area is 93.5 Å². The molecule has 1 N–H and O–H groups in total. The minimum absolute atomic E-state index is 0.447. The molecule has 0 aliphatic heterocycles. The Kier molecular flexibility index (Phi) is 2.74. The number of aliphatic hydroxyl groups is 1. The fraction of sp³-hybridized carbons (Fsp3) is 0.500. The van der Waals surface area contributed by atoms with Gasteiger partial charge in [0.05, 0.1) is 12.3 Å². The SMILES string of the molecule is Cc1c(C(O)Cc2ncnn2C)cnn1C. The standard InChI is InChI=1S/C10H15N5O/c1-7-8(5-12-14(7)2)9(16)4-10-11-6-13-15(10)3/h5-6,9,16H,4H2,1-3H3. The lowest BCUT2D eigenvalue weighted by molar-refractivity contribution is 0.173. The van der Waals surface area contributed by atoms with Gasteiger partial charge in [-0.15, -0.1) is 0 Å². The summed E-state index contributed by atoms with van der Waals surface area (Å²) in [4.78, 5) is 4.08. The Balaban J connectivity index is 2.18. The summed E-state index contributed by atoms with van der Waals surface area (Å²) in [7, 11) is 3.67. The third kappa shape index (κ3) is 1.83. The van der Waals surface area contributed by atoms with Gasteiger partial charge in [0.1, 0.15) is 12.2 Å². The van der Waals surface area contributed by atoms with Gasteiger partial charge in [0, 0.05) is 31.8 Å². The molecule has 86 valence electrons. The van der Waals surface area contributed by atoms with Gasteiger partial charge in [-0.3, -0.25) is 9.36 Å². The van der Waals surface area contributed by atoms with Gasteiger partial charge in [-0.1, -0.05) is 0 Å². The smallest absolute Gasteiger partial charge is 0.138 e. The van der Waals surface area contributed by atoms with Gasteiger partial charge >= 0.3 is 0 Å². The summed E-state index contributed by atoms with van der Waals surface area (Å²) in [5.74, 6) is 0.760. The van der Waals surface area contributed by atoms with Crippen LogP contribution in [0.25, 0.3) is 0 Å². The summed E-state index contributed by atoms with van der Waals surface area (Å²) in [5.41, 5.74) is 1.81. The zero-order chi connectivity index (χ0) is 11.7. The van der Waals surface area contributed by atoms with E-state index in [9.17, 15) is 5.11 Å². The highest BCUT2D eigenvalue weighted by molar-refractivity contribution is 5.19. The van der Waals surface area contributed by atoms with E-state index in [4.69, 9.17) is 0 Å². The number of aliphatic hydroxyl groups excluding tert-OH is 1. The fourth-order valence-corrected chi connectivity index (χ4v) is 1.63. The molecular formula is C10H15N5O. The lowest BCUT2D eigenvalue weighted by Crippen LogP contribution is -2.08. The Hall–Kier alpha value is -1.69. The van der Waals surface area contributed by atoms with Crippen molar-refractivity contribution >= 4 is 0 Å². The largest absolute Gasteiger partial charge is 0.388 e. The Morgan fingerprint density at radius 1 is 1.31 bits per heavy atom. The highest BCUT2D eigenvalue weighted by atomic mass is 16.3. The van der Waals surface area contributed by atoms with Gasteiger partial charge in [-0.25, -0.2) is 4.98 Å². The topological polar surface area (TPSA) is 68.8 Å². The van der Waals surface area contributed by atoms with Crippen LogP contribution in [0.2, 0.25) is 0 Å². The van der Waals surface area contributed by atoms with E-state index in [2.05, 4.69) is 15.2 Å². The second-order valence-electron chi connectivity index (χ2n) is 3.83. The molecular weight excluding hydrogens is 206 g/mol. The zero-order valence-corrected chi connectivity index (χ0v) is 9.62. The first kappa shape index (κ1) is 10.8. The number of nitrogens with zero attached hydrogens (tertiary/aromatic N) is 5. The third-order valence-electron chi connectivity index (χ3n) is 2.81. The molecule has 0 saturated carbocycles. The Morgan fingerprint density at radius 3 is 2.56 bits per heavy atom. The van der Waals surface area contributed by atoms with Crippen LogP contribution in [-0.2, 0) is 20.5 Å². The van der Waals surface area contributed by atoms with Crippen LogP contribution in [0.15, 0.2) is 12.5 Å². The van der Waals surface area contributed by atoms with E-state index >= 15 is 0 Å². The van der Waals surface area contributed by atoms with Crippen LogP contribution in [0.4, 0.5) is 0 Å². The quantitative estimate of drug-likeness (QED) is 0.800. The van der Waals surface area contributed by atoms with Gasteiger partial charge in [-0.2, -0.15) is 10.2 Å². The Morgan fingerprint density at radius 2 is 2.06 bits per heavy atom. The number of hydrogen-bond donors (Lipinski definition) is 1. The minimum atomic E-state index is -0.586. The van der Waals surface area contributed by atoms with Gasteiger partial charge < -0.3 is 5.11 Å². The maximum absolute atomic E-state index is 10.1. The molecule has 0 fully saturated rings. The van der Waals surface area contributed by atoms with Crippen LogP contribution in [0.3, 0.4) is 0 Å². The van der Waals surface area contributed by atoms with Crippen molar-refractivity contribution in [1.29, 1.82) is 0 Å². The molecule has 0 amide bonds. The van der Waals surface area contributed by atoms with Crippen LogP contribution in [0.1, 0.15) is 23.2 Å². The molecule has 6 nitrogen and oxygen atoms in total. The van der Waals surface area contributed by atoms with Crippen molar-refractivity contribution in [2.75, 3.05) is 0 Å². The number of hydrogen-bond acceptors (Lipinski definition) is 4. The molecule has 1 atom stereocenters. The van der Waals surface area contributed by atoms with E-state index in [0.29, 0.717) is 6.42 Å². The molecule has 0 spiro atoms. The summed E-state index contributed by atoms with van der Waals surface area (Å²) < 4.78 is 3.41. The minimum Gasteiger partial charge on any atom is -0.388 e. The molecule has 1 unspecified atom stereocenters. The molecule has 2 rings (SSSR count). The average molecular weight is 221 g/mol. The monoisotopic (exact) mass is 221 g/mol. The van der Waals surface area contributed by atoms with E-state index in [1.165, 1.54) is 6.33 Å². The maximum atomic E-state index is 10.1. The first-order valence-electron chi connectivity index (χ1n) is 5.09. The first-order chi connectivity index (χ1) is 7.59. The lowest BCUT2D eigenvalue weighted by Gasteiger charge is -2.09. The second kappa shape index (κ2) is 4.05. The average Bonchev–Trinajstić information content (AvgIpc) is 2.77. The summed E-state index contributed by atoms with van der Waals surface area (Å²) in [6, 6.07) is 0. The fourth-order valence-electron chi connectivity index (χ4n) is 1.63. The van der Waals surface area contributed by atoms with Gasteiger partial charge in [-0.05, 0) is 6.92 Å². The molecule has 0 radical (unpaired) electrons. The summed E-state index contributed by atoms with van der Waals surface area (Å²) in [6.07, 6.45) is 3.04. The summed E-state index contributed by atoms with van der Waals surface area (Å²) in [5, 5.41) is 18.1. The van der Waals surface area contributed by atoms with E-state index in [1.807, 2.05) is 21.0 Å². The lowest BCUT2D eigenvalue weighted by atomic mass is 10.1. The molecule has 2 aromatic rings. The normalized spacial score (nSPS) is 13.0. The van der Waals surface area contributed by atoms with Crippen LogP contribution < -0.4 is 0 Å². The summed E-state index contributed by atoms with van der Waals surface area (Å²) >= 11 is 0. The van der Waals surface area contributed by atoms with Crippen molar-refractivity contribution in [3.8, 4) is 0 Å². The predicted molar refractivity (Wildman–Crippen MR) is 57.6 cm³/mol. The van der Waals surface area contributed by atoms with Crippen molar-refractivity contribution in [2.24, 2.45) is 14.1 Å². The van der Waals surface area contributed by atoms with E-state index < -0.39 is 6.10 Å². The van der Waals surface area contributed by atoms with Gasteiger partial charge in [0.2, 0.25) is 0 Å². The molecule has 0 aliphatic rings. The van der Waals surface area contributed by atoms with E-state index in [1.54, 1.807) is 15.6 Å². The van der Waals surface area contributed by atoms with Gasteiger partial charge in [0.25, 0.3) is 0 Å². The molecule has 0 bridgehead atoms. The van der Waals surface area contributed by atoms with Crippen LogP contribution in [0.5, 0.6) is 0 Å². The zero-order valence-electron chi connectivity index (χ0n) is 9.62. The molecule has 2 aromatic heterocycles. The number of aromatic nitrogens is 5. The maximum Gasteiger partial charge on any atom is 0.138 e. The highest BCUT2D eigenvalue weighted by Crippen LogP contribution is 2.19. The van der Waals surface area contributed by atoms with E-state index in [0.717, 1.165) is 17.1 Å². The molecule has 2 heterocycles. The van der Waals surface area contributed by atoms with Gasteiger partial charge in [0.15, 0.2) is 0 Å². The van der Waals surface area contributed by atoms with Crippen molar-refractivity contribution in [3.63, 3.8) is 0 Å². The molecule has 16 heavy (non-hydrogen) atoms. The molecule has 0 saturated heterocycles. The third-order valence-corrected chi connectivity index (χ3v) is 2.81. The van der Waals surface area contributed by atoms with Crippen molar-refractivity contribution in [2.45, 2.75) is 19.4 Å².